The lowest BCUT2D eigenvalue weighted by atomic mass is 9.96. The smallest absolute Gasteiger partial charge is 0.217 e. The van der Waals surface area contributed by atoms with E-state index in [0.29, 0.717) is 32.6 Å². The average molecular weight is 191 g/mol. The van der Waals surface area contributed by atoms with Gasteiger partial charge in [0.2, 0.25) is 10.0 Å². The van der Waals surface area contributed by atoms with Crippen LogP contribution in [0.3, 0.4) is 0 Å². The third kappa shape index (κ3) is 1.08. The molecular formula is C7H13NO3S. The van der Waals surface area contributed by atoms with Gasteiger partial charge in [-0.3, -0.25) is 0 Å². The summed E-state index contributed by atoms with van der Waals surface area (Å²) in [7, 11) is -3.04. The summed E-state index contributed by atoms with van der Waals surface area (Å²) in [5, 5.41) is 0. The first-order chi connectivity index (χ1) is 5.66. The van der Waals surface area contributed by atoms with Crippen LogP contribution in [0.15, 0.2) is 0 Å². The molecule has 0 aromatic carbocycles. The summed E-state index contributed by atoms with van der Waals surface area (Å²) in [6.45, 7) is 1.77. The van der Waals surface area contributed by atoms with Gasteiger partial charge in [-0.15, -0.1) is 0 Å². The summed E-state index contributed by atoms with van der Waals surface area (Å²) in [5.41, 5.74) is 0. The van der Waals surface area contributed by atoms with E-state index in [1.807, 2.05) is 0 Å². The Hall–Kier alpha value is -0.130. The second kappa shape index (κ2) is 2.68. The minimum absolute atomic E-state index is 0.495. The molecule has 0 bridgehead atoms. The second-order valence-electron chi connectivity index (χ2n) is 3.44. The third-order valence-corrected chi connectivity index (χ3v) is 5.18. The Morgan fingerprint density at radius 1 is 1.17 bits per heavy atom. The number of hydrogen-bond donors (Lipinski definition) is 1. The lowest BCUT2D eigenvalue weighted by Gasteiger charge is -2.30. The molecule has 2 rings (SSSR count). The maximum atomic E-state index is 11.6. The van der Waals surface area contributed by atoms with Gasteiger partial charge in [0.15, 0.2) is 0 Å². The lowest BCUT2D eigenvalue weighted by molar-refractivity contribution is 0.0751. The van der Waals surface area contributed by atoms with Crippen molar-refractivity contribution in [3.8, 4) is 0 Å². The summed E-state index contributed by atoms with van der Waals surface area (Å²) in [6, 6.07) is 0. The number of hydrogen-bond acceptors (Lipinski definition) is 3. The van der Waals surface area contributed by atoms with Crippen LogP contribution in [0.4, 0.5) is 0 Å². The van der Waals surface area contributed by atoms with Gasteiger partial charge in [-0.1, -0.05) is 0 Å². The molecule has 4 nitrogen and oxygen atoms in total. The van der Waals surface area contributed by atoms with E-state index in [-0.39, 0.29) is 0 Å². The molecule has 0 aromatic rings. The standard InChI is InChI=1S/C7H13NO3S/c9-12(10)7(1-4-8-12)2-5-11-6-3-7/h8H,1-6H2. The van der Waals surface area contributed by atoms with Crippen molar-refractivity contribution < 1.29 is 13.2 Å². The Kier molecular flexibility index (Phi) is 1.89. The first-order valence-electron chi connectivity index (χ1n) is 4.23. The number of rotatable bonds is 0. The van der Waals surface area contributed by atoms with Crippen LogP contribution < -0.4 is 4.72 Å². The molecule has 0 unspecified atom stereocenters. The lowest BCUT2D eigenvalue weighted by Crippen LogP contribution is -2.42. The summed E-state index contributed by atoms with van der Waals surface area (Å²) < 4.78 is 30.4. The monoisotopic (exact) mass is 191 g/mol. The second-order valence-corrected chi connectivity index (χ2v) is 5.60. The first-order valence-corrected chi connectivity index (χ1v) is 5.72. The van der Waals surface area contributed by atoms with Crippen LogP contribution in [-0.2, 0) is 14.8 Å². The molecule has 2 aliphatic heterocycles. The number of sulfonamides is 1. The fourth-order valence-electron chi connectivity index (χ4n) is 1.96. The van der Waals surface area contributed by atoms with Crippen LogP contribution in [0.25, 0.3) is 0 Å². The SMILES string of the molecule is O=S1(=O)NCCC12CCOCC2. The largest absolute Gasteiger partial charge is 0.381 e. The number of ether oxygens (including phenoxy) is 1. The van der Waals surface area contributed by atoms with Crippen LogP contribution in [0.1, 0.15) is 19.3 Å². The van der Waals surface area contributed by atoms with Crippen molar-refractivity contribution in [1.29, 1.82) is 0 Å². The van der Waals surface area contributed by atoms with Gasteiger partial charge in [-0.25, -0.2) is 13.1 Å². The molecule has 0 saturated carbocycles. The molecule has 1 spiro atoms. The molecule has 5 heteroatoms. The summed E-state index contributed by atoms with van der Waals surface area (Å²) >= 11 is 0. The Balaban J connectivity index is 2.29. The normalized spacial score (nSPS) is 32.3. The van der Waals surface area contributed by atoms with Gasteiger partial charge in [0.05, 0.1) is 4.75 Å². The zero-order chi connectivity index (χ0) is 8.66. The molecule has 0 aliphatic carbocycles. The van der Waals surface area contributed by atoms with Crippen molar-refractivity contribution in [3.05, 3.63) is 0 Å². The Labute approximate surface area is 72.3 Å². The zero-order valence-corrected chi connectivity index (χ0v) is 7.69. The fraction of sp³-hybridized carbons (Fsp3) is 1.00. The summed E-state index contributed by atoms with van der Waals surface area (Å²) in [4.78, 5) is 0. The van der Waals surface area contributed by atoms with Crippen molar-refractivity contribution in [2.45, 2.75) is 24.0 Å². The highest BCUT2D eigenvalue weighted by atomic mass is 32.2. The van der Waals surface area contributed by atoms with E-state index in [9.17, 15) is 8.42 Å². The third-order valence-electron chi connectivity index (χ3n) is 2.85. The molecule has 0 amide bonds. The highest BCUT2D eigenvalue weighted by Gasteiger charge is 2.48. The summed E-state index contributed by atoms with van der Waals surface area (Å²) in [5.74, 6) is 0. The van der Waals surface area contributed by atoms with Gasteiger partial charge < -0.3 is 4.74 Å². The van der Waals surface area contributed by atoms with Gasteiger partial charge >= 0.3 is 0 Å². The molecule has 2 aliphatic rings. The molecule has 2 fully saturated rings. The van der Waals surface area contributed by atoms with E-state index in [1.165, 1.54) is 0 Å². The maximum Gasteiger partial charge on any atom is 0.217 e. The number of nitrogens with one attached hydrogen (secondary N) is 1. The quantitative estimate of drug-likeness (QED) is 0.579. The van der Waals surface area contributed by atoms with Gasteiger partial charge in [-0.2, -0.15) is 0 Å². The van der Waals surface area contributed by atoms with Crippen LogP contribution in [0.5, 0.6) is 0 Å². The molecule has 2 heterocycles. The fourth-order valence-corrected chi connectivity index (χ4v) is 3.71. The van der Waals surface area contributed by atoms with E-state index in [4.69, 9.17) is 4.74 Å². The average Bonchev–Trinajstić information content (AvgIpc) is 2.30. The Morgan fingerprint density at radius 3 is 2.33 bits per heavy atom. The molecular weight excluding hydrogens is 178 g/mol. The Bertz CT molecular complexity index is 266. The highest BCUT2D eigenvalue weighted by Crippen LogP contribution is 2.35. The molecule has 1 N–H and O–H groups in total. The van der Waals surface area contributed by atoms with Crippen LogP contribution in [-0.4, -0.2) is 32.9 Å². The van der Waals surface area contributed by atoms with Gasteiger partial charge in [0.25, 0.3) is 0 Å². The van der Waals surface area contributed by atoms with Crippen molar-refractivity contribution >= 4 is 10.0 Å². The maximum absolute atomic E-state index is 11.6. The molecule has 0 radical (unpaired) electrons. The van der Waals surface area contributed by atoms with E-state index < -0.39 is 14.8 Å². The topological polar surface area (TPSA) is 55.4 Å². The van der Waals surface area contributed by atoms with Gasteiger partial charge in [0, 0.05) is 19.8 Å². The van der Waals surface area contributed by atoms with E-state index in [2.05, 4.69) is 4.72 Å². The molecule has 0 aromatic heterocycles. The van der Waals surface area contributed by atoms with Crippen LogP contribution in [0.2, 0.25) is 0 Å². The predicted octanol–water partition coefficient (Wildman–Crippen LogP) is -0.141. The first kappa shape index (κ1) is 8.47. The van der Waals surface area contributed by atoms with E-state index in [0.717, 1.165) is 6.42 Å². The van der Waals surface area contributed by atoms with Gasteiger partial charge in [-0.05, 0) is 19.3 Å². The minimum Gasteiger partial charge on any atom is -0.381 e. The predicted molar refractivity (Wildman–Crippen MR) is 44.3 cm³/mol. The molecule has 0 atom stereocenters. The Morgan fingerprint density at radius 2 is 1.83 bits per heavy atom. The highest BCUT2D eigenvalue weighted by molar-refractivity contribution is 7.91. The molecule has 70 valence electrons. The van der Waals surface area contributed by atoms with E-state index >= 15 is 0 Å². The van der Waals surface area contributed by atoms with Crippen LogP contribution in [0, 0.1) is 0 Å². The summed E-state index contributed by atoms with van der Waals surface area (Å²) in [6.07, 6.45) is 2.06. The van der Waals surface area contributed by atoms with Crippen molar-refractivity contribution in [1.82, 2.24) is 4.72 Å². The van der Waals surface area contributed by atoms with Crippen molar-refractivity contribution in [2.75, 3.05) is 19.8 Å². The molecule has 12 heavy (non-hydrogen) atoms. The van der Waals surface area contributed by atoms with Gasteiger partial charge in [0.1, 0.15) is 0 Å². The van der Waals surface area contributed by atoms with Crippen molar-refractivity contribution in [2.24, 2.45) is 0 Å². The van der Waals surface area contributed by atoms with Crippen molar-refractivity contribution in [3.63, 3.8) is 0 Å². The zero-order valence-electron chi connectivity index (χ0n) is 6.88. The minimum atomic E-state index is -3.04. The van der Waals surface area contributed by atoms with Crippen LogP contribution >= 0.6 is 0 Å². The molecule has 2 saturated heterocycles. The van der Waals surface area contributed by atoms with E-state index in [1.54, 1.807) is 0 Å².